The number of methoxy groups -OCH3 is 1. The van der Waals surface area contributed by atoms with Crippen molar-refractivity contribution in [2.24, 2.45) is 0 Å². The van der Waals surface area contributed by atoms with Crippen LogP contribution in [0.4, 0.5) is 11.8 Å². The Balaban J connectivity index is 1.92. The Kier molecular flexibility index (Phi) is 5.96. The molecule has 1 aromatic carbocycles. The normalized spacial score (nSPS) is 10.8. The molecule has 9 nitrogen and oxygen atoms in total. The van der Waals surface area contributed by atoms with Crippen molar-refractivity contribution in [3.05, 3.63) is 41.1 Å². The highest BCUT2D eigenvalue weighted by molar-refractivity contribution is 5.90. The first-order valence-electron chi connectivity index (χ1n) is 9.07. The number of benzene rings is 1. The molecule has 29 heavy (non-hydrogen) atoms. The van der Waals surface area contributed by atoms with Gasteiger partial charge in [-0.05, 0) is 42.7 Å². The van der Waals surface area contributed by atoms with Crippen LogP contribution in [0.5, 0.6) is 11.5 Å². The summed E-state index contributed by atoms with van der Waals surface area (Å²) in [7, 11) is 1.60. The molecular formula is C20H23N5O4. The summed E-state index contributed by atoms with van der Waals surface area (Å²) in [6.45, 7) is 2.24. The molecule has 0 amide bonds. The highest BCUT2D eigenvalue weighted by Gasteiger charge is 2.14. The number of hydrogen-bond donors (Lipinski definition) is 3. The molecule has 0 bridgehead atoms. The Morgan fingerprint density at radius 3 is 2.72 bits per heavy atom. The minimum Gasteiger partial charge on any atom is -0.497 e. The molecule has 5 N–H and O–H groups in total. The van der Waals surface area contributed by atoms with E-state index in [1.54, 1.807) is 19.4 Å². The van der Waals surface area contributed by atoms with Gasteiger partial charge < -0.3 is 26.0 Å². The van der Waals surface area contributed by atoms with E-state index in [9.17, 15) is 4.79 Å². The van der Waals surface area contributed by atoms with E-state index < -0.39 is 5.97 Å². The first-order valence-corrected chi connectivity index (χ1v) is 9.07. The van der Waals surface area contributed by atoms with Crippen molar-refractivity contribution in [3.63, 3.8) is 0 Å². The topological polar surface area (TPSA) is 146 Å². The Morgan fingerprint density at radius 1 is 1.21 bits per heavy atom. The maximum atomic E-state index is 10.7. The molecule has 0 fully saturated rings. The van der Waals surface area contributed by atoms with Crippen LogP contribution in [0.1, 0.15) is 29.5 Å². The van der Waals surface area contributed by atoms with Gasteiger partial charge in [-0.25, -0.2) is 4.98 Å². The highest BCUT2D eigenvalue weighted by Crippen LogP contribution is 2.30. The molecule has 0 saturated carbocycles. The summed E-state index contributed by atoms with van der Waals surface area (Å²) in [5, 5.41) is 9.45. The molecule has 0 saturated heterocycles. The number of rotatable bonds is 8. The number of aryl methyl sites for hydroxylation is 1. The largest absolute Gasteiger partial charge is 0.497 e. The minimum atomic E-state index is -0.845. The lowest BCUT2D eigenvalue weighted by Crippen LogP contribution is -2.06. The van der Waals surface area contributed by atoms with Crippen LogP contribution in [0, 0.1) is 6.92 Å². The number of carboxylic acids is 1. The number of aromatic nitrogens is 3. The van der Waals surface area contributed by atoms with Gasteiger partial charge in [0.05, 0.1) is 19.1 Å². The zero-order valence-electron chi connectivity index (χ0n) is 16.3. The second-order valence-corrected chi connectivity index (χ2v) is 6.57. The molecule has 3 aromatic rings. The molecule has 152 valence electrons. The zero-order chi connectivity index (χ0) is 21.0. The minimum absolute atomic E-state index is 0.0571. The van der Waals surface area contributed by atoms with E-state index >= 15 is 0 Å². The van der Waals surface area contributed by atoms with E-state index in [2.05, 4.69) is 15.0 Å². The molecular weight excluding hydrogens is 374 g/mol. The smallest absolute Gasteiger partial charge is 0.303 e. The molecule has 0 aliphatic heterocycles. The van der Waals surface area contributed by atoms with E-state index in [0.717, 1.165) is 16.7 Å². The number of fused-ring (bicyclic) bond motifs is 1. The molecule has 9 heteroatoms. The number of nitrogen functional groups attached to an aromatic ring is 2. The molecule has 0 aliphatic rings. The fraction of sp³-hybridized carbons (Fsp3) is 0.300. The molecule has 2 heterocycles. The van der Waals surface area contributed by atoms with Crippen LogP contribution in [-0.4, -0.2) is 39.7 Å². The first-order chi connectivity index (χ1) is 13.9. The average Bonchev–Trinajstić information content (AvgIpc) is 2.67. The Morgan fingerprint density at radius 2 is 2.00 bits per heavy atom. The van der Waals surface area contributed by atoms with Gasteiger partial charge in [0.15, 0.2) is 5.65 Å². The summed E-state index contributed by atoms with van der Waals surface area (Å²) in [6.07, 6.45) is 2.73. The van der Waals surface area contributed by atoms with Crippen molar-refractivity contribution in [2.75, 3.05) is 25.2 Å². The lowest BCUT2D eigenvalue weighted by atomic mass is 9.99. The van der Waals surface area contributed by atoms with Crippen molar-refractivity contribution < 1.29 is 19.4 Å². The average molecular weight is 397 g/mol. The number of pyridine rings is 1. The van der Waals surface area contributed by atoms with E-state index in [1.807, 2.05) is 19.1 Å². The maximum absolute atomic E-state index is 10.7. The van der Waals surface area contributed by atoms with Crippen molar-refractivity contribution in [3.8, 4) is 11.5 Å². The first kappa shape index (κ1) is 20.1. The lowest BCUT2D eigenvalue weighted by Gasteiger charge is -2.15. The van der Waals surface area contributed by atoms with Crippen LogP contribution in [-0.2, 0) is 11.2 Å². The fourth-order valence-corrected chi connectivity index (χ4v) is 3.08. The number of hydrogen-bond acceptors (Lipinski definition) is 8. The van der Waals surface area contributed by atoms with E-state index in [0.29, 0.717) is 42.0 Å². The van der Waals surface area contributed by atoms with Gasteiger partial charge in [0.1, 0.15) is 17.3 Å². The molecule has 0 spiro atoms. The van der Waals surface area contributed by atoms with Crippen LogP contribution < -0.4 is 20.9 Å². The summed E-state index contributed by atoms with van der Waals surface area (Å²) in [4.78, 5) is 23.2. The monoisotopic (exact) mass is 397 g/mol. The Bertz CT molecular complexity index is 1050. The summed E-state index contributed by atoms with van der Waals surface area (Å²) >= 11 is 0. The predicted molar refractivity (Wildman–Crippen MR) is 109 cm³/mol. The summed E-state index contributed by atoms with van der Waals surface area (Å²) < 4.78 is 11.2. The van der Waals surface area contributed by atoms with Gasteiger partial charge in [0.2, 0.25) is 5.95 Å². The van der Waals surface area contributed by atoms with Gasteiger partial charge in [0.25, 0.3) is 0 Å². The van der Waals surface area contributed by atoms with Crippen molar-refractivity contribution >= 4 is 28.8 Å². The van der Waals surface area contributed by atoms with Crippen LogP contribution in [0.2, 0.25) is 0 Å². The number of anilines is 2. The number of carbonyl (C=O) groups is 1. The van der Waals surface area contributed by atoms with Crippen LogP contribution in [0.15, 0.2) is 24.4 Å². The predicted octanol–water partition coefficient (Wildman–Crippen LogP) is 2.34. The van der Waals surface area contributed by atoms with Crippen molar-refractivity contribution in [1.29, 1.82) is 0 Å². The standard InChI is InChI=1S/C20H23N5O4/c1-11-13(10-23-19-17(11)18(21)24-20(22)25-19)8-12-9-14(28-2)5-6-15(12)29-7-3-4-16(26)27/h5-6,9-10H,3-4,7-8H2,1-2H3,(H,26,27)(H4,21,22,23,24,25). The number of nitrogens with zero attached hydrogens (tertiary/aromatic N) is 3. The number of ether oxygens (including phenoxy) is 2. The van der Waals surface area contributed by atoms with Gasteiger partial charge in [-0.2, -0.15) is 9.97 Å². The lowest BCUT2D eigenvalue weighted by molar-refractivity contribution is -0.137. The third-order valence-corrected chi connectivity index (χ3v) is 4.58. The molecule has 0 radical (unpaired) electrons. The third kappa shape index (κ3) is 4.63. The highest BCUT2D eigenvalue weighted by atomic mass is 16.5. The van der Waals surface area contributed by atoms with Gasteiger partial charge in [-0.15, -0.1) is 0 Å². The van der Waals surface area contributed by atoms with Crippen LogP contribution in [0.3, 0.4) is 0 Å². The van der Waals surface area contributed by atoms with Crippen molar-refractivity contribution in [1.82, 2.24) is 15.0 Å². The number of nitrogens with two attached hydrogens (primary N) is 2. The second-order valence-electron chi connectivity index (χ2n) is 6.57. The van der Waals surface area contributed by atoms with E-state index in [4.69, 9.17) is 26.0 Å². The Hall–Kier alpha value is -3.62. The number of aliphatic carboxylic acids is 1. The molecule has 0 aliphatic carbocycles. The number of carboxylic acid groups (broad SMARTS) is 1. The van der Waals surface area contributed by atoms with Crippen LogP contribution in [0.25, 0.3) is 11.0 Å². The fourth-order valence-electron chi connectivity index (χ4n) is 3.08. The summed E-state index contributed by atoms with van der Waals surface area (Å²) in [5.41, 5.74) is 14.9. The molecule has 0 atom stereocenters. The SMILES string of the molecule is COc1ccc(OCCCC(=O)O)c(Cc2cnc3nc(N)nc(N)c3c2C)c1. The quantitative estimate of drug-likeness (QED) is 0.487. The van der Waals surface area contributed by atoms with Gasteiger partial charge in [0, 0.05) is 24.6 Å². The maximum Gasteiger partial charge on any atom is 0.303 e. The molecule has 0 unspecified atom stereocenters. The molecule has 3 rings (SSSR count). The second kappa shape index (κ2) is 8.59. The van der Waals surface area contributed by atoms with Gasteiger partial charge in [-0.3, -0.25) is 4.79 Å². The Labute approximate surface area is 167 Å². The van der Waals surface area contributed by atoms with E-state index in [1.165, 1.54) is 0 Å². The summed E-state index contributed by atoms with van der Waals surface area (Å²) in [6, 6.07) is 5.51. The van der Waals surface area contributed by atoms with Crippen molar-refractivity contribution in [2.45, 2.75) is 26.2 Å². The van der Waals surface area contributed by atoms with Gasteiger partial charge >= 0.3 is 5.97 Å². The molecule has 2 aromatic heterocycles. The van der Waals surface area contributed by atoms with E-state index in [-0.39, 0.29) is 18.2 Å². The van der Waals surface area contributed by atoms with Crippen LogP contribution >= 0.6 is 0 Å². The zero-order valence-corrected chi connectivity index (χ0v) is 16.3. The third-order valence-electron chi connectivity index (χ3n) is 4.58. The summed E-state index contributed by atoms with van der Waals surface area (Å²) in [5.74, 6) is 0.883. The van der Waals surface area contributed by atoms with Gasteiger partial charge in [-0.1, -0.05) is 0 Å².